The van der Waals surface area contributed by atoms with E-state index in [1.165, 1.54) is 0 Å². The molecule has 1 aromatic carbocycles. The number of halogens is 2. The molecule has 0 aliphatic carbocycles. The maximum atomic E-state index is 11.8. The standard InChI is InChI=1S/C11H9Cl2N3O3/c12-5-2-1-3-6(13)9(5)15-8(17)4-7-10(18)16-11(19)14-7/h1-3,7H,4H2,(H,15,17)(H2,14,16,18,19). The molecule has 1 fully saturated rings. The van der Waals surface area contributed by atoms with Crippen LogP contribution in [0.5, 0.6) is 0 Å². The van der Waals surface area contributed by atoms with Crippen LogP contribution in [-0.4, -0.2) is 23.9 Å². The number of hydrogen-bond acceptors (Lipinski definition) is 3. The third kappa shape index (κ3) is 3.15. The minimum atomic E-state index is -0.881. The van der Waals surface area contributed by atoms with E-state index in [1.807, 2.05) is 5.32 Å². The first-order valence-corrected chi connectivity index (χ1v) is 6.08. The minimum Gasteiger partial charge on any atom is -0.325 e. The zero-order valence-corrected chi connectivity index (χ0v) is 11.0. The van der Waals surface area contributed by atoms with Gasteiger partial charge in [0.1, 0.15) is 6.04 Å². The molecule has 3 N–H and O–H groups in total. The molecular weight excluding hydrogens is 293 g/mol. The third-order valence-corrected chi connectivity index (χ3v) is 3.11. The van der Waals surface area contributed by atoms with Crippen molar-refractivity contribution in [2.24, 2.45) is 0 Å². The summed E-state index contributed by atoms with van der Waals surface area (Å²) in [6, 6.07) is 3.30. The van der Waals surface area contributed by atoms with Crippen LogP contribution in [0.2, 0.25) is 10.0 Å². The second-order valence-electron chi connectivity index (χ2n) is 3.86. The molecule has 2 rings (SSSR count). The van der Waals surface area contributed by atoms with Gasteiger partial charge in [0.05, 0.1) is 22.2 Å². The van der Waals surface area contributed by atoms with Gasteiger partial charge in [-0.25, -0.2) is 4.79 Å². The molecule has 6 nitrogen and oxygen atoms in total. The maximum absolute atomic E-state index is 11.8. The fourth-order valence-electron chi connectivity index (χ4n) is 1.60. The highest BCUT2D eigenvalue weighted by molar-refractivity contribution is 6.39. The van der Waals surface area contributed by atoms with Gasteiger partial charge in [-0.3, -0.25) is 14.9 Å². The average molecular weight is 302 g/mol. The Morgan fingerprint density at radius 1 is 1.26 bits per heavy atom. The molecule has 4 amide bonds. The van der Waals surface area contributed by atoms with Crippen molar-refractivity contribution in [1.29, 1.82) is 0 Å². The Morgan fingerprint density at radius 2 is 1.89 bits per heavy atom. The van der Waals surface area contributed by atoms with Gasteiger partial charge in [0.15, 0.2) is 0 Å². The number of hydrogen-bond donors (Lipinski definition) is 3. The summed E-state index contributed by atoms with van der Waals surface area (Å²) in [5, 5.41) is 7.45. The van der Waals surface area contributed by atoms with Gasteiger partial charge in [-0.1, -0.05) is 29.3 Å². The molecule has 0 radical (unpaired) electrons. The number of urea groups is 1. The summed E-state index contributed by atoms with van der Waals surface area (Å²) < 4.78 is 0. The summed E-state index contributed by atoms with van der Waals surface area (Å²) in [6.07, 6.45) is -0.195. The first kappa shape index (κ1) is 13.6. The van der Waals surface area contributed by atoms with Gasteiger partial charge < -0.3 is 10.6 Å². The number of benzene rings is 1. The molecule has 19 heavy (non-hydrogen) atoms. The lowest BCUT2D eigenvalue weighted by molar-refractivity contribution is -0.124. The van der Waals surface area contributed by atoms with Crippen molar-refractivity contribution >= 4 is 46.7 Å². The van der Waals surface area contributed by atoms with Gasteiger partial charge in [0.2, 0.25) is 5.91 Å². The van der Waals surface area contributed by atoms with Crippen LogP contribution in [0.15, 0.2) is 18.2 Å². The van der Waals surface area contributed by atoms with Crippen molar-refractivity contribution in [3.63, 3.8) is 0 Å². The number of carbonyl (C=O) groups is 3. The molecule has 0 bridgehead atoms. The predicted molar refractivity (Wildman–Crippen MR) is 70.2 cm³/mol. The van der Waals surface area contributed by atoms with Crippen LogP contribution in [0.4, 0.5) is 10.5 Å². The fraction of sp³-hybridized carbons (Fsp3) is 0.182. The highest BCUT2D eigenvalue weighted by atomic mass is 35.5. The maximum Gasteiger partial charge on any atom is 0.322 e. The lowest BCUT2D eigenvalue weighted by Gasteiger charge is -2.10. The Kier molecular flexibility index (Phi) is 3.92. The molecule has 100 valence electrons. The molecule has 0 spiro atoms. The first-order chi connectivity index (χ1) is 8.97. The van der Waals surface area contributed by atoms with Gasteiger partial charge in [-0.05, 0) is 12.1 Å². The monoisotopic (exact) mass is 301 g/mol. The van der Waals surface area contributed by atoms with E-state index in [-0.39, 0.29) is 12.1 Å². The van der Waals surface area contributed by atoms with Crippen molar-refractivity contribution in [2.75, 3.05) is 5.32 Å². The lowest BCUT2D eigenvalue weighted by atomic mass is 10.2. The number of anilines is 1. The Morgan fingerprint density at radius 3 is 2.42 bits per heavy atom. The number of para-hydroxylation sites is 1. The topological polar surface area (TPSA) is 87.3 Å². The van der Waals surface area contributed by atoms with Crippen LogP contribution < -0.4 is 16.0 Å². The van der Waals surface area contributed by atoms with Crippen LogP contribution in [-0.2, 0) is 9.59 Å². The Labute approximate surface area is 118 Å². The van der Waals surface area contributed by atoms with Crippen LogP contribution in [0.25, 0.3) is 0 Å². The summed E-state index contributed by atoms with van der Waals surface area (Å²) in [4.78, 5) is 33.9. The fourth-order valence-corrected chi connectivity index (χ4v) is 2.09. The second-order valence-corrected chi connectivity index (χ2v) is 4.68. The highest BCUT2D eigenvalue weighted by Crippen LogP contribution is 2.29. The SMILES string of the molecule is O=C(CC1NC(=O)NC1=O)Nc1c(Cl)cccc1Cl. The number of nitrogens with one attached hydrogen (secondary N) is 3. The molecule has 1 aliphatic rings. The minimum absolute atomic E-state index is 0.195. The van der Waals surface area contributed by atoms with Crippen molar-refractivity contribution in [3.05, 3.63) is 28.2 Å². The molecule has 1 aliphatic heterocycles. The van der Waals surface area contributed by atoms with Crippen LogP contribution in [0.1, 0.15) is 6.42 Å². The predicted octanol–water partition coefficient (Wildman–Crippen LogP) is 1.53. The summed E-state index contributed by atoms with van der Waals surface area (Å²) in [5.41, 5.74) is 0.278. The first-order valence-electron chi connectivity index (χ1n) is 5.32. The van der Waals surface area contributed by atoms with E-state index in [9.17, 15) is 14.4 Å². The third-order valence-electron chi connectivity index (χ3n) is 2.48. The zero-order valence-electron chi connectivity index (χ0n) is 9.50. The average Bonchev–Trinajstić information content (AvgIpc) is 2.63. The second kappa shape index (κ2) is 5.46. The number of carbonyl (C=O) groups excluding carboxylic acids is 3. The van der Waals surface area contributed by atoms with E-state index >= 15 is 0 Å². The van der Waals surface area contributed by atoms with Crippen molar-refractivity contribution in [2.45, 2.75) is 12.5 Å². The highest BCUT2D eigenvalue weighted by Gasteiger charge is 2.31. The van der Waals surface area contributed by atoms with Gasteiger partial charge in [-0.15, -0.1) is 0 Å². The van der Waals surface area contributed by atoms with Crippen molar-refractivity contribution in [1.82, 2.24) is 10.6 Å². The van der Waals surface area contributed by atoms with E-state index in [0.29, 0.717) is 10.0 Å². The summed E-state index contributed by atoms with van der Waals surface area (Å²) in [5.74, 6) is -1.01. The van der Waals surface area contributed by atoms with E-state index in [0.717, 1.165) is 0 Å². The molecule has 8 heteroatoms. The Balaban J connectivity index is 2.02. The van der Waals surface area contributed by atoms with E-state index < -0.39 is 23.9 Å². The lowest BCUT2D eigenvalue weighted by Crippen LogP contribution is -2.33. The number of rotatable bonds is 3. The number of imide groups is 1. The van der Waals surface area contributed by atoms with Gasteiger partial charge in [-0.2, -0.15) is 0 Å². The van der Waals surface area contributed by atoms with Crippen LogP contribution in [0.3, 0.4) is 0 Å². The van der Waals surface area contributed by atoms with Gasteiger partial charge in [0.25, 0.3) is 5.91 Å². The normalized spacial score (nSPS) is 17.9. The van der Waals surface area contributed by atoms with E-state index in [4.69, 9.17) is 23.2 Å². The van der Waals surface area contributed by atoms with Gasteiger partial charge >= 0.3 is 6.03 Å². The van der Waals surface area contributed by atoms with Crippen molar-refractivity contribution < 1.29 is 14.4 Å². The van der Waals surface area contributed by atoms with Crippen molar-refractivity contribution in [3.8, 4) is 0 Å². The number of amides is 4. The molecular formula is C11H9Cl2N3O3. The molecule has 0 saturated carbocycles. The van der Waals surface area contributed by atoms with E-state index in [1.54, 1.807) is 18.2 Å². The smallest absolute Gasteiger partial charge is 0.322 e. The molecule has 0 aromatic heterocycles. The van der Waals surface area contributed by atoms with Crippen LogP contribution in [0, 0.1) is 0 Å². The molecule has 1 unspecified atom stereocenters. The van der Waals surface area contributed by atoms with Gasteiger partial charge in [0, 0.05) is 0 Å². The Bertz CT molecular complexity index is 542. The van der Waals surface area contributed by atoms with E-state index in [2.05, 4.69) is 10.6 Å². The summed E-state index contributed by atoms with van der Waals surface area (Å²) in [6.45, 7) is 0. The van der Waals surface area contributed by atoms with Crippen LogP contribution >= 0.6 is 23.2 Å². The summed E-state index contributed by atoms with van der Waals surface area (Å²) >= 11 is 11.8. The molecule has 1 saturated heterocycles. The molecule has 1 aromatic rings. The summed E-state index contributed by atoms with van der Waals surface area (Å²) in [7, 11) is 0. The quantitative estimate of drug-likeness (QED) is 0.740. The molecule has 1 atom stereocenters. The molecule has 1 heterocycles. The Hall–Kier alpha value is -1.79. The zero-order chi connectivity index (χ0) is 14.0. The largest absolute Gasteiger partial charge is 0.325 e.